The van der Waals surface area contributed by atoms with E-state index < -0.39 is 0 Å². The van der Waals surface area contributed by atoms with E-state index in [2.05, 4.69) is 139 Å². The third-order valence-corrected chi connectivity index (χ3v) is 10.9. The molecule has 0 aromatic heterocycles. The van der Waals surface area contributed by atoms with Gasteiger partial charge in [-0.25, -0.2) is 4.99 Å². The summed E-state index contributed by atoms with van der Waals surface area (Å²) in [6.45, 7) is 2.27. The minimum atomic E-state index is -0.292. The molecule has 3 N–H and O–H groups in total. The number of rotatable bonds is 3. The second kappa shape index (κ2) is 13.0. The summed E-state index contributed by atoms with van der Waals surface area (Å²) >= 11 is 0. The maximum absolute atomic E-state index is 7.84. The summed E-state index contributed by atoms with van der Waals surface area (Å²) in [4.78, 5) is 4.10. The average molecular weight is 680 g/mol. The van der Waals surface area contributed by atoms with Crippen molar-refractivity contribution >= 4 is 22.4 Å². The van der Waals surface area contributed by atoms with Crippen LogP contribution in [0.3, 0.4) is 0 Å². The van der Waals surface area contributed by atoms with Crippen molar-refractivity contribution in [1.29, 1.82) is 5.41 Å². The van der Waals surface area contributed by atoms with Crippen molar-refractivity contribution in [3.05, 3.63) is 227 Å². The summed E-state index contributed by atoms with van der Waals surface area (Å²) in [5.74, 6) is 0.534. The molecule has 2 aliphatic rings. The van der Waals surface area contributed by atoms with Crippen LogP contribution in [-0.4, -0.2) is 11.7 Å². The Morgan fingerprint density at radius 2 is 0.943 bits per heavy atom. The molecule has 0 unspecified atom stereocenters. The molecule has 10 rings (SSSR count). The van der Waals surface area contributed by atoms with E-state index in [0.29, 0.717) is 5.84 Å². The summed E-state index contributed by atoms with van der Waals surface area (Å²) in [6, 6.07) is 66.1. The van der Waals surface area contributed by atoms with Gasteiger partial charge in [-0.1, -0.05) is 188 Å². The maximum Gasteiger partial charge on any atom is 0.154 e. The number of hydrogen-bond acceptors (Lipinski definition) is 1. The number of nitrogens with zero attached hydrogens (tertiary/aromatic N) is 1. The van der Waals surface area contributed by atoms with Crippen LogP contribution in [0.25, 0.3) is 44.2 Å². The summed E-state index contributed by atoms with van der Waals surface area (Å²) in [5, 5.41) is 10.5. The highest BCUT2D eigenvalue weighted by atomic mass is 14.9. The van der Waals surface area contributed by atoms with E-state index in [1.165, 1.54) is 72.0 Å². The Hall–Kier alpha value is -6.84. The third-order valence-electron chi connectivity index (χ3n) is 10.9. The van der Waals surface area contributed by atoms with Gasteiger partial charge in [0, 0.05) is 11.1 Å². The fourth-order valence-electron chi connectivity index (χ4n) is 8.54. The Morgan fingerprint density at radius 1 is 0.453 bits per heavy atom. The molecule has 0 radical (unpaired) electrons. The normalized spacial score (nSPS) is 13.0. The molecule has 0 saturated carbocycles. The molecule has 2 aliphatic carbocycles. The zero-order chi connectivity index (χ0) is 35.9. The predicted molar refractivity (Wildman–Crippen MR) is 221 cm³/mol. The first-order valence-corrected chi connectivity index (χ1v) is 18.0. The molecule has 8 aromatic rings. The lowest BCUT2D eigenvalue weighted by Crippen LogP contribution is -2.25. The van der Waals surface area contributed by atoms with Gasteiger partial charge in [-0.05, 0) is 78.9 Å². The van der Waals surface area contributed by atoms with Crippen molar-refractivity contribution in [1.82, 2.24) is 0 Å². The molecule has 1 spiro atoms. The molecule has 0 atom stereocenters. The van der Waals surface area contributed by atoms with E-state index in [4.69, 9.17) is 11.1 Å². The van der Waals surface area contributed by atoms with Gasteiger partial charge >= 0.3 is 0 Å². The Bertz CT molecular complexity index is 2660. The summed E-state index contributed by atoms with van der Waals surface area (Å²) < 4.78 is 0. The monoisotopic (exact) mass is 679 g/mol. The zero-order valence-electron chi connectivity index (χ0n) is 29.4. The van der Waals surface area contributed by atoms with Gasteiger partial charge in [-0.3, -0.25) is 5.41 Å². The van der Waals surface area contributed by atoms with Crippen molar-refractivity contribution in [3.63, 3.8) is 0 Å². The maximum atomic E-state index is 7.84. The number of fused-ring (bicyclic) bond motifs is 11. The third kappa shape index (κ3) is 5.12. The molecule has 3 nitrogen and oxygen atoms in total. The van der Waals surface area contributed by atoms with Gasteiger partial charge < -0.3 is 5.73 Å². The Balaban J connectivity index is 0.000000185. The fourth-order valence-corrected chi connectivity index (χ4v) is 8.54. The van der Waals surface area contributed by atoms with Crippen molar-refractivity contribution < 1.29 is 0 Å². The molecule has 252 valence electrons. The number of benzene rings is 8. The van der Waals surface area contributed by atoms with E-state index >= 15 is 0 Å². The molecule has 53 heavy (non-hydrogen) atoms. The fraction of sp³-hybridized carbons (Fsp3) is 0.0400. The predicted octanol–water partition coefficient (Wildman–Crippen LogP) is 11.6. The van der Waals surface area contributed by atoms with Gasteiger partial charge in [-0.15, -0.1) is 0 Å². The molecule has 0 heterocycles. The van der Waals surface area contributed by atoms with Crippen LogP contribution < -0.4 is 5.73 Å². The lowest BCUT2D eigenvalue weighted by molar-refractivity contribution is 0.794. The topological polar surface area (TPSA) is 62.2 Å². The molecule has 0 aliphatic heterocycles. The smallest absolute Gasteiger partial charge is 0.154 e. The van der Waals surface area contributed by atoms with Crippen molar-refractivity contribution in [2.75, 3.05) is 0 Å². The van der Waals surface area contributed by atoms with E-state index in [1.54, 1.807) is 0 Å². The molecule has 0 amide bonds. The van der Waals surface area contributed by atoms with Gasteiger partial charge in [-0.2, -0.15) is 0 Å². The number of nitrogens with two attached hydrogens (primary N) is 1. The van der Waals surface area contributed by atoms with E-state index in [9.17, 15) is 0 Å². The first kappa shape index (κ1) is 32.1. The second-order valence-corrected chi connectivity index (χ2v) is 13.7. The first-order valence-electron chi connectivity index (χ1n) is 18.0. The minimum Gasteiger partial charge on any atom is -0.383 e. The highest BCUT2D eigenvalue weighted by Gasteiger charge is 2.51. The summed E-state index contributed by atoms with van der Waals surface area (Å²) in [7, 11) is 0. The van der Waals surface area contributed by atoms with E-state index in [-0.39, 0.29) is 11.3 Å². The molecule has 3 heteroatoms. The zero-order valence-corrected chi connectivity index (χ0v) is 29.4. The van der Waals surface area contributed by atoms with Crippen LogP contribution in [0.15, 0.2) is 193 Å². The Labute approximate surface area is 310 Å². The standard InChI is InChI=1S/C36H24.C14H13N3/c1-23-25-12-3-2-11-24(25)21-22-26(23)29-16-10-20-34-35(29)30-15-6-9-19-33(30)36(34)31-17-7-4-13-27(31)28-14-5-8-18-32(28)36;15-13(11-7-3-1-4-8-11)17-14(16)12-9-5-2-6-10-12/h2-22H,1H3;1-10H,(H3,15,16,17). The van der Waals surface area contributed by atoms with Gasteiger partial charge in [0.05, 0.1) is 5.41 Å². The number of nitrogens with one attached hydrogen (secondary N) is 1. The van der Waals surface area contributed by atoms with Crippen LogP contribution in [0.1, 0.15) is 38.9 Å². The Kier molecular flexibility index (Phi) is 7.90. The van der Waals surface area contributed by atoms with E-state index in [1.807, 2.05) is 60.7 Å². The molecule has 0 saturated heterocycles. The molecular formula is C50H37N3. The summed E-state index contributed by atoms with van der Waals surface area (Å²) in [5.41, 5.74) is 22.1. The van der Waals surface area contributed by atoms with Crippen molar-refractivity contribution in [2.45, 2.75) is 12.3 Å². The minimum absolute atomic E-state index is 0.173. The number of aliphatic imine (C=N–C) groups is 1. The van der Waals surface area contributed by atoms with Gasteiger partial charge in [0.15, 0.2) is 5.84 Å². The van der Waals surface area contributed by atoms with E-state index in [0.717, 1.165) is 11.1 Å². The second-order valence-electron chi connectivity index (χ2n) is 13.7. The molecule has 0 fully saturated rings. The first-order chi connectivity index (χ1) is 26.1. The van der Waals surface area contributed by atoms with Crippen LogP contribution in [0, 0.1) is 12.3 Å². The van der Waals surface area contributed by atoms with Crippen molar-refractivity contribution in [2.24, 2.45) is 10.7 Å². The number of amidine groups is 2. The van der Waals surface area contributed by atoms with Crippen molar-refractivity contribution in [3.8, 4) is 33.4 Å². The quantitative estimate of drug-likeness (QED) is 0.142. The van der Waals surface area contributed by atoms with Crippen LogP contribution in [0.4, 0.5) is 0 Å². The average Bonchev–Trinajstić information content (AvgIpc) is 3.70. The SMILES string of the molecule is Cc1c(-c2cccc3c2-c2ccccc2C32c3ccccc3-c3ccccc32)ccc2ccccc12.N=C(N=C(N)c1ccccc1)c1ccccc1. The van der Waals surface area contributed by atoms with Gasteiger partial charge in [0.1, 0.15) is 5.84 Å². The largest absolute Gasteiger partial charge is 0.383 e. The molecule has 8 aromatic carbocycles. The molecular weight excluding hydrogens is 643 g/mol. The summed E-state index contributed by atoms with van der Waals surface area (Å²) in [6.07, 6.45) is 0. The van der Waals surface area contributed by atoms with Gasteiger partial charge in [0.25, 0.3) is 0 Å². The number of aryl methyl sites for hydroxylation is 1. The van der Waals surface area contributed by atoms with Crippen LogP contribution in [-0.2, 0) is 5.41 Å². The molecule has 0 bridgehead atoms. The van der Waals surface area contributed by atoms with Crippen LogP contribution in [0.5, 0.6) is 0 Å². The van der Waals surface area contributed by atoms with Crippen LogP contribution >= 0.6 is 0 Å². The van der Waals surface area contributed by atoms with Gasteiger partial charge in [0.2, 0.25) is 0 Å². The highest BCUT2D eigenvalue weighted by molar-refractivity contribution is 6.09. The van der Waals surface area contributed by atoms with Crippen LogP contribution in [0.2, 0.25) is 0 Å². The lowest BCUT2D eigenvalue weighted by atomic mass is 9.70. The highest BCUT2D eigenvalue weighted by Crippen LogP contribution is 2.64. The lowest BCUT2D eigenvalue weighted by Gasteiger charge is -2.30. The Morgan fingerprint density at radius 3 is 1.60 bits per heavy atom. The number of hydrogen-bond donors (Lipinski definition) is 2.